The van der Waals surface area contributed by atoms with Crippen LogP contribution in [0.15, 0.2) is 12.3 Å². The van der Waals surface area contributed by atoms with E-state index in [1.807, 2.05) is 0 Å². The Labute approximate surface area is 91.4 Å². The van der Waals surface area contributed by atoms with Crippen LogP contribution in [0.5, 0.6) is 0 Å². The highest BCUT2D eigenvalue weighted by molar-refractivity contribution is 5.91. The predicted molar refractivity (Wildman–Crippen MR) is 42.7 cm³/mol. The van der Waals surface area contributed by atoms with Gasteiger partial charge in [0.2, 0.25) is 5.54 Å². The van der Waals surface area contributed by atoms with Gasteiger partial charge < -0.3 is 10.1 Å². The van der Waals surface area contributed by atoms with E-state index in [1.54, 1.807) is 0 Å². The molecule has 9 heteroatoms. The van der Waals surface area contributed by atoms with E-state index in [0.29, 0.717) is 0 Å². The Morgan fingerprint density at radius 2 is 1.65 bits per heavy atom. The number of carbonyl (C=O) groups excluding carboxylic acids is 1. The van der Waals surface area contributed by atoms with E-state index in [-0.39, 0.29) is 0 Å². The fourth-order valence-corrected chi connectivity index (χ4v) is 1.30. The number of alkyl halides is 6. The first kappa shape index (κ1) is 13.7. The Morgan fingerprint density at radius 3 is 2.06 bits per heavy atom. The van der Waals surface area contributed by atoms with Crippen molar-refractivity contribution in [3.63, 3.8) is 0 Å². The highest BCUT2D eigenvalue weighted by Crippen LogP contribution is 2.46. The van der Waals surface area contributed by atoms with Crippen molar-refractivity contribution >= 4 is 5.91 Å². The van der Waals surface area contributed by atoms with E-state index in [9.17, 15) is 31.1 Å². The first-order valence-corrected chi connectivity index (χ1v) is 4.29. The lowest BCUT2D eigenvalue weighted by Crippen LogP contribution is -2.67. The first-order valence-electron chi connectivity index (χ1n) is 4.29. The number of halogens is 6. The summed E-state index contributed by atoms with van der Waals surface area (Å²) in [6.07, 6.45) is -12.8. The fraction of sp³-hybridized carbons (Fsp3) is 0.625. The van der Waals surface area contributed by atoms with Crippen LogP contribution in [0, 0.1) is 0 Å². The third-order valence-corrected chi connectivity index (χ3v) is 2.30. The van der Waals surface area contributed by atoms with Gasteiger partial charge in [0.1, 0.15) is 0 Å². The number of ether oxygens (including phenoxy) is 1. The fourth-order valence-electron chi connectivity index (χ4n) is 1.30. The lowest BCUT2D eigenvalue weighted by Gasteiger charge is -2.35. The smallest absolute Gasteiger partial charge is 0.420 e. The van der Waals surface area contributed by atoms with Gasteiger partial charge in [-0.25, -0.2) is 0 Å². The van der Waals surface area contributed by atoms with Crippen molar-refractivity contribution in [1.29, 1.82) is 0 Å². The van der Waals surface area contributed by atoms with Crippen molar-refractivity contribution in [2.45, 2.75) is 24.3 Å². The van der Waals surface area contributed by atoms with Crippen LogP contribution in [0.3, 0.4) is 0 Å². The van der Waals surface area contributed by atoms with Crippen molar-refractivity contribution in [3.05, 3.63) is 12.3 Å². The SMILES string of the molecule is C=C1OCCC(C(F)(F)F)(C(F)(F)F)NC1=O. The summed E-state index contributed by atoms with van der Waals surface area (Å²) in [5, 5.41) is 0.909. The van der Waals surface area contributed by atoms with Gasteiger partial charge in [-0.1, -0.05) is 6.58 Å². The van der Waals surface area contributed by atoms with Crippen molar-refractivity contribution < 1.29 is 35.9 Å². The summed E-state index contributed by atoms with van der Waals surface area (Å²) in [6, 6.07) is 0. The molecule has 1 saturated heterocycles. The molecule has 0 aromatic carbocycles. The van der Waals surface area contributed by atoms with Crippen LogP contribution in [-0.4, -0.2) is 30.4 Å². The lowest BCUT2D eigenvalue weighted by atomic mass is 9.94. The van der Waals surface area contributed by atoms with Gasteiger partial charge in [-0.2, -0.15) is 26.3 Å². The molecule has 1 rings (SSSR count). The molecule has 1 aliphatic rings. The average molecular weight is 263 g/mol. The minimum absolute atomic E-state index is 0.777. The van der Waals surface area contributed by atoms with Crippen LogP contribution < -0.4 is 5.32 Å². The number of hydrogen-bond acceptors (Lipinski definition) is 2. The van der Waals surface area contributed by atoms with E-state index in [1.165, 1.54) is 0 Å². The molecule has 0 spiro atoms. The first-order chi connectivity index (χ1) is 7.51. The topological polar surface area (TPSA) is 38.3 Å². The molecule has 17 heavy (non-hydrogen) atoms. The zero-order valence-corrected chi connectivity index (χ0v) is 8.21. The summed E-state index contributed by atoms with van der Waals surface area (Å²) in [7, 11) is 0. The van der Waals surface area contributed by atoms with Gasteiger partial charge in [0.05, 0.1) is 6.61 Å². The highest BCUT2D eigenvalue weighted by Gasteiger charge is 2.72. The second-order valence-electron chi connectivity index (χ2n) is 3.38. The van der Waals surface area contributed by atoms with Crippen LogP contribution >= 0.6 is 0 Å². The molecular formula is C8H7F6NO2. The standard InChI is InChI=1S/C8H7F6NO2/c1-4-5(16)15-6(2-3-17-4,7(9,10)11)8(12,13)14/h1-3H2,(H,15,16). The molecule has 0 saturated carbocycles. The van der Waals surface area contributed by atoms with E-state index in [4.69, 9.17) is 0 Å². The van der Waals surface area contributed by atoms with Crippen molar-refractivity contribution in [3.8, 4) is 0 Å². The van der Waals surface area contributed by atoms with Crippen LogP contribution in [0.25, 0.3) is 0 Å². The number of nitrogens with one attached hydrogen (secondary N) is 1. The van der Waals surface area contributed by atoms with Crippen molar-refractivity contribution in [2.24, 2.45) is 0 Å². The molecule has 98 valence electrons. The summed E-state index contributed by atoms with van der Waals surface area (Å²) < 4.78 is 79.7. The number of carbonyl (C=O) groups is 1. The molecule has 0 unspecified atom stereocenters. The molecule has 3 nitrogen and oxygen atoms in total. The summed E-state index contributed by atoms with van der Waals surface area (Å²) in [4.78, 5) is 11.0. The molecule has 0 bridgehead atoms. The summed E-state index contributed by atoms with van der Waals surface area (Å²) in [6.45, 7) is 2.01. The zero-order valence-electron chi connectivity index (χ0n) is 8.21. The van der Waals surface area contributed by atoms with Crippen LogP contribution in [0.2, 0.25) is 0 Å². The summed E-state index contributed by atoms with van der Waals surface area (Å²) in [5.74, 6) is -2.41. The molecule has 0 radical (unpaired) electrons. The maximum Gasteiger partial charge on any atom is 0.420 e. The Kier molecular flexibility index (Phi) is 3.06. The monoisotopic (exact) mass is 263 g/mol. The number of amides is 1. The van der Waals surface area contributed by atoms with Gasteiger partial charge in [-0.3, -0.25) is 4.79 Å². The second kappa shape index (κ2) is 3.81. The Morgan fingerprint density at radius 1 is 1.18 bits per heavy atom. The van der Waals surface area contributed by atoms with Crippen LogP contribution in [0.1, 0.15) is 6.42 Å². The average Bonchev–Trinajstić information content (AvgIpc) is 2.25. The molecule has 0 aliphatic carbocycles. The third kappa shape index (κ3) is 2.18. The minimum Gasteiger partial charge on any atom is -0.488 e. The molecule has 1 aliphatic heterocycles. The third-order valence-electron chi connectivity index (χ3n) is 2.30. The van der Waals surface area contributed by atoms with Gasteiger partial charge in [0.15, 0.2) is 5.76 Å². The molecule has 1 N–H and O–H groups in total. The van der Waals surface area contributed by atoms with Gasteiger partial charge in [0.25, 0.3) is 5.91 Å². The van der Waals surface area contributed by atoms with Gasteiger partial charge in [-0.05, 0) is 0 Å². The maximum atomic E-state index is 12.6. The number of hydrogen-bond donors (Lipinski definition) is 1. The van der Waals surface area contributed by atoms with E-state index < -0.39 is 42.6 Å². The molecule has 0 aromatic rings. The molecule has 0 aromatic heterocycles. The number of rotatable bonds is 0. The summed E-state index contributed by atoms with van der Waals surface area (Å²) >= 11 is 0. The van der Waals surface area contributed by atoms with Gasteiger partial charge in [-0.15, -0.1) is 0 Å². The van der Waals surface area contributed by atoms with Gasteiger partial charge >= 0.3 is 12.4 Å². The highest BCUT2D eigenvalue weighted by atomic mass is 19.4. The van der Waals surface area contributed by atoms with Crippen LogP contribution in [-0.2, 0) is 9.53 Å². The molecular weight excluding hydrogens is 256 g/mol. The van der Waals surface area contributed by atoms with E-state index in [0.717, 1.165) is 5.32 Å². The molecule has 1 fully saturated rings. The molecule has 1 amide bonds. The van der Waals surface area contributed by atoms with Crippen LogP contribution in [0.4, 0.5) is 26.3 Å². The van der Waals surface area contributed by atoms with Crippen molar-refractivity contribution in [1.82, 2.24) is 5.32 Å². The van der Waals surface area contributed by atoms with Crippen molar-refractivity contribution in [2.75, 3.05) is 6.61 Å². The minimum atomic E-state index is -5.67. The Balaban J connectivity index is 3.25. The summed E-state index contributed by atoms with van der Waals surface area (Å²) in [5.41, 5.74) is -4.30. The second-order valence-corrected chi connectivity index (χ2v) is 3.38. The predicted octanol–water partition coefficient (Wildman–Crippen LogP) is 1.90. The maximum absolute atomic E-state index is 12.6. The Bertz CT molecular complexity index is 331. The molecule has 0 atom stereocenters. The normalized spacial score (nSPS) is 21.5. The zero-order chi connectivity index (χ0) is 13.5. The van der Waals surface area contributed by atoms with E-state index in [2.05, 4.69) is 11.3 Å². The Hall–Kier alpha value is -1.41. The lowest BCUT2D eigenvalue weighted by molar-refractivity contribution is -0.307. The van der Waals surface area contributed by atoms with Gasteiger partial charge in [0, 0.05) is 6.42 Å². The quantitative estimate of drug-likeness (QED) is 0.535. The largest absolute Gasteiger partial charge is 0.488 e. The molecule has 1 heterocycles. The van der Waals surface area contributed by atoms with E-state index >= 15 is 0 Å².